The average Bonchev–Trinajstić information content (AvgIpc) is 2.96. The van der Waals surface area contributed by atoms with Crippen molar-refractivity contribution in [2.45, 2.75) is 31.5 Å². The van der Waals surface area contributed by atoms with E-state index in [-0.39, 0.29) is 26.1 Å². The highest BCUT2D eigenvalue weighted by atomic mass is 19.4. The number of nitrogens with zero attached hydrogens (tertiary/aromatic N) is 1. The molecule has 104 valence electrons. The van der Waals surface area contributed by atoms with Gasteiger partial charge in [0.2, 0.25) is 5.91 Å². The van der Waals surface area contributed by atoms with Gasteiger partial charge < -0.3 is 15.3 Å². The van der Waals surface area contributed by atoms with Crippen LogP contribution in [0.4, 0.5) is 13.2 Å². The van der Waals surface area contributed by atoms with E-state index in [1.54, 1.807) is 0 Å². The summed E-state index contributed by atoms with van der Waals surface area (Å²) in [5, 5.41) is 11.8. The average molecular weight is 266 g/mol. The Balaban J connectivity index is 2.24. The molecule has 18 heavy (non-hydrogen) atoms. The van der Waals surface area contributed by atoms with Gasteiger partial charge in [-0.25, -0.2) is 0 Å². The van der Waals surface area contributed by atoms with Crippen molar-refractivity contribution >= 4 is 5.91 Å². The molecule has 2 saturated heterocycles. The molecular formula is C11H17F3N2O2. The van der Waals surface area contributed by atoms with Crippen LogP contribution in [0.2, 0.25) is 0 Å². The molecule has 2 fully saturated rings. The molecule has 0 aromatic rings. The zero-order valence-electron chi connectivity index (χ0n) is 9.96. The number of hydrogen-bond acceptors (Lipinski definition) is 3. The summed E-state index contributed by atoms with van der Waals surface area (Å²) in [6.45, 7) is -0.123. The first kappa shape index (κ1) is 13.6. The largest absolute Gasteiger partial charge is 0.404 e. The van der Waals surface area contributed by atoms with Crippen molar-refractivity contribution in [1.82, 2.24) is 10.2 Å². The van der Waals surface area contributed by atoms with Crippen LogP contribution < -0.4 is 5.32 Å². The van der Waals surface area contributed by atoms with E-state index in [1.165, 1.54) is 4.90 Å². The van der Waals surface area contributed by atoms with Gasteiger partial charge in [-0.1, -0.05) is 0 Å². The number of rotatable bonds is 2. The molecule has 0 radical (unpaired) electrons. The molecule has 2 rings (SSSR count). The van der Waals surface area contributed by atoms with E-state index in [1.807, 2.05) is 0 Å². The summed E-state index contributed by atoms with van der Waals surface area (Å²) < 4.78 is 39.6. The Morgan fingerprint density at radius 2 is 2.22 bits per heavy atom. The summed E-state index contributed by atoms with van der Waals surface area (Å²) >= 11 is 0. The lowest BCUT2D eigenvalue weighted by molar-refractivity contribution is -0.222. The summed E-state index contributed by atoms with van der Waals surface area (Å²) in [7, 11) is 0. The van der Waals surface area contributed by atoms with Crippen LogP contribution in [-0.4, -0.2) is 54.4 Å². The lowest BCUT2D eigenvalue weighted by atomic mass is 9.84. The molecule has 4 nitrogen and oxygen atoms in total. The number of halogens is 3. The minimum Gasteiger partial charge on any atom is -0.394 e. The highest BCUT2D eigenvalue weighted by molar-refractivity contribution is 5.85. The number of carbonyl (C=O) groups excluding carboxylic acids is 1. The van der Waals surface area contributed by atoms with Gasteiger partial charge in [0.25, 0.3) is 0 Å². The smallest absolute Gasteiger partial charge is 0.394 e. The van der Waals surface area contributed by atoms with Crippen molar-refractivity contribution in [3.63, 3.8) is 0 Å². The topological polar surface area (TPSA) is 52.6 Å². The molecule has 0 aromatic heterocycles. The van der Waals surface area contributed by atoms with Gasteiger partial charge in [-0.2, -0.15) is 13.2 Å². The van der Waals surface area contributed by atoms with Crippen LogP contribution in [0.15, 0.2) is 0 Å². The van der Waals surface area contributed by atoms with E-state index >= 15 is 0 Å². The maximum atomic E-state index is 13.2. The quantitative estimate of drug-likeness (QED) is 0.766. The van der Waals surface area contributed by atoms with Crippen LogP contribution in [-0.2, 0) is 4.79 Å². The van der Waals surface area contributed by atoms with Crippen LogP contribution >= 0.6 is 0 Å². The maximum absolute atomic E-state index is 13.2. The molecule has 2 unspecified atom stereocenters. The highest BCUT2D eigenvalue weighted by Gasteiger charge is 2.63. The van der Waals surface area contributed by atoms with Crippen molar-refractivity contribution in [2.24, 2.45) is 5.41 Å². The molecule has 2 aliphatic rings. The molecular weight excluding hydrogens is 249 g/mol. The highest BCUT2D eigenvalue weighted by Crippen LogP contribution is 2.45. The van der Waals surface area contributed by atoms with E-state index in [2.05, 4.69) is 5.32 Å². The first-order valence-corrected chi connectivity index (χ1v) is 6.12. The van der Waals surface area contributed by atoms with Gasteiger partial charge in [-0.05, 0) is 25.8 Å². The minimum atomic E-state index is -4.55. The van der Waals surface area contributed by atoms with E-state index in [4.69, 9.17) is 5.11 Å². The lowest BCUT2D eigenvalue weighted by Gasteiger charge is -2.35. The first-order chi connectivity index (χ1) is 8.42. The Morgan fingerprint density at radius 1 is 1.50 bits per heavy atom. The standard InChI is InChI=1S/C11H17F3N2O2/c12-11(13,14)10(3-4-15-7-10)9(18)16-5-1-2-8(16)6-17/h8,15,17H,1-7H2. The number of aliphatic hydroxyl groups excluding tert-OH is 1. The molecule has 0 aliphatic carbocycles. The summed E-state index contributed by atoms with van der Waals surface area (Å²) in [6, 6.07) is -0.461. The number of hydrogen-bond donors (Lipinski definition) is 2. The van der Waals surface area contributed by atoms with Gasteiger partial charge in [-0.15, -0.1) is 0 Å². The van der Waals surface area contributed by atoms with Crippen LogP contribution in [0, 0.1) is 5.41 Å². The fourth-order valence-corrected chi connectivity index (χ4v) is 2.81. The van der Waals surface area contributed by atoms with E-state index in [9.17, 15) is 18.0 Å². The Bertz CT molecular complexity index is 327. The third-order valence-corrected chi connectivity index (χ3v) is 3.96. The molecule has 2 atom stereocenters. The van der Waals surface area contributed by atoms with Gasteiger partial charge in [0.1, 0.15) is 0 Å². The number of amides is 1. The number of likely N-dealkylation sites (tertiary alicyclic amines) is 1. The fourth-order valence-electron chi connectivity index (χ4n) is 2.81. The third-order valence-electron chi connectivity index (χ3n) is 3.96. The SMILES string of the molecule is O=C(N1CCCC1CO)C1(C(F)(F)F)CCNC1. The Kier molecular flexibility index (Phi) is 3.55. The van der Waals surface area contributed by atoms with E-state index in [0.29, 0.717) is 19.4 Å². The van der Waals surface area contributed by atoms with Gasteiger partial charge in [0.15, 0.2) is 5.41 Å². The number of carbonyl (C=O) groups is 1. The summed E-state index contributed by atoms with van der Waals surface area (Å²) in [6.07, 6.45) is -3.54. The Morgan fingerprint density at radius 3 is 2.72 bits per heavy atom. The maximum Gasteiger partial charge on any atom is 0.404 e. The Labute approximate surface area is 103 Å². The monoisotopic (exact) mass is 266 g/mol. The second-order valence-corrected chi connectivity index (χ2v) is 4.98. The molecule has 2 aliphatic heterocycles. The first-order valence-electron chi connectivity index (χ1n) is 6.12. The number of aliphatic hydroxyl groups is 1. The lowest BCUT2D eigenvalue weighted by Crippen LogP contribution is -2.55. The van der Waals surface area contributed by atoms with E-state index < -0.39 is 23.5 Å². The van der Waals surface area contributed by atoms with Crippen molar-refractivity contribution in [3.05, 3.63) is 0 Å². The second-order valence-electron chi connectivity index (χ2n) is 4.98. The van der Waals surface area contributed by atoms with E-state index in [0.717, 1.165) is 0 Å². The van der Waals surface area contributed by atoms with Crippen LogP contribution in [0.25, 0.3) is 0 Å². The molecule has 2 heterocycles. The molecule has 7 heteroatoms. The predicted octanol–water partition coefficient (Wildman–Crippen LogP) is 0.512. The summed E-state index contributed by atoms with van der Waals surface area (Å²) in [5.74, 6) is -0.878. The zero-order valence-corrected chi connectivity index (χ0v) is 9.96. The van der Waals surface area contributed by atoms with Crippen molar-refractivity contribution in [2.75, 3.05) is 26.2 Å². The summed E-state index contributed by atoms with van der Waals surface area (Å²) in [5.41, 5.74) is -2.30. The van der Waals surface area contributed by atoms with Gasteiger partial charge in [-0.3, -0.25) is 4.79 Å². The number of alkyl halides is 3. The molecule has 1 amide bonds. The third kappa shape index (κ3) is 1.99. The van der Waals surface area contributed by atoms with Crippen LogP contribution in [0.1, 0.15) is 19.3 Å². The van der Waals surface area contributed by atoms with Gasteiger partial charge >= 0.3 is 6.18 Å². The molecule has 0 spiro atoms. The zero-order chi connectivity index (χ0) is 13.4. The van der Waals surface area contributed by atoms with Gasteiger partial charge in [0, 0.05) is 13.1 Å². The fraction of sp³-hybridized carbons (Fsp3) is 0.909. The number of nitrogens with one attached hydrogen (secondary N) is 1. The van der Waals surface area contributed by atoms with Crippen molar-refractivity contribution < 1.29 is 23.1 Å². The van der Waals surface area contributed by atoms with Crippen molar-refractivity contribution in [1.29, 1.82) is 0 Å². The van der Waals surface area contributed by atoms with Gasteiger partial charge in [0.05, 0.1) is 12.6 Å². The van der Waals surface area contributed by atoms with Crippen LogP contribution in [0.3, 0.4) is 0 Å². The van der Waals surface area contributed by atoms with Crippen LogP contribution in [0.5, 0.6) is 0 Å². The Hall–Kier alpha value is -0.820. The molecule has 0 aromatic carbocycles. The van der Waals surface area contributed by atoms with Crippen molar-refractivity contribution in [3.8, 4) is 0 Å². The minimum absolute atomic E-state index is 0.197. The predicted molar refractivity (Wildman–Crippen MR) is 57.8 cm³/mol. The molecule has 2 N–H and O–H groups in total. The summed E-state index contributed by atoms with van der Waals surface area (Å²) in [4.78, 5) is 13.4. The molecule has 0 saturated carbocycles. The second kappa shape index (κ2) is 4.70. The normalized spacial score (nSPS) is 33.1. The molecule has 0 bridgehead atoms.